The number of hydrogen-bond donors (Lipinski definition) is 2. The second-order valence-corrected chi connectivity index (χ2v) is 18.0. The number of esters is 4. The maximum Gasteiger partial charge on any atom is 0.307 e. The van der Waals surface area contributed by atoms with Gasteiger partial charge in [0.1, 0.15) is 37.2 Å². The Balaban J connectivity index is 3.92. The maximum absolute atomic E-state index is 12.4. The van der Waals surface area contributed by atoms with E-state index in [1.807, 2.05) is 0 Å². The average Bonchev–Trinajstić information content (AvgIpc) is 3.28. The molecule has 0 aromatic heterocycles. The van der Waals surface area contributed by atoms with E-state index in [9.17, 15) is 28.8 Å². The first-order valence-corrected chi connectivity index (χ1v) is 26.6. The van der Waals surface area contributed by atoms with E-state index >= 15 is 0 Å². The van der Waals surface area contributed by atoms with Gasteiger partial charge >= 0.3 is 23.9 Å². The van der Waals surface area contributed by atoms with Crippen LogP contribution in [0.2, 0.25) is 0 Å². The largest absolute Gasteiger partial charge is 0.462 e. The van der Waals surface area contributed by atoms with Gasteiger partial charge in [-0.3, -0.25) is 40.2 Å². The predicted molar refractivity (Wildman–Crippen MR) is 265 cm³/mol. The summed E-state index contributed by atoms with van der Waals surface area (Å²) in [6.45, 7) is 4.07. The number of unbranched alkanes of at least 4 members (excludes halogenated alkanes) is 19. The van der Waals surface area contributed by atoms with Crippen molar-refractivity contribution >= 4 is 35.4 Å². The van der Waals surface area contributed by atoms with Crippen molar-refractivity contribution in [2.45, 2.75) is 270 Å². The van der Waals surface area contributed by atoms with Crippen molar-refractivity contribution in [2.24, 2.45) is 11.5 Å². The zero-order chi connectivity index (χ0) is 48.6. The Labute approximate surface area is 401 Å². The molecule has 12 nitrogen and oxygen atoms in total. The van der Waals surface area contributed by atoms with E-state index in [0.717, 1.165) is 154 Å². The fraction of sp³-hybridized carbons (Fsp3) is 0.815. The highest BCUT2D eigenvalue weighted by molar-refractivity contribution is 5.78. The van der Waals surface area contributed by atoms with Crippen molar-refractivity contribution in [3.63, 3.8) is 0 Å². The van der Waals surface area contributed by atoms with E-state index in [2.05, 4.69) is 38.2 Å². The van der Waals surface area contributed by atoms with Crippen LogP contribution in [0.15, 0.2) is 24.3 Å². The summed E-state index contributed by atoms with van der Waals surface area (Å²) in [6, 6.07) is 0. The van der Waals surface area contributed by atoms with Crippen molar-refractivity contribution in [2.75, 3.05) is 13.5 Å². The molecule has 0 aromatic carbocycles. The van der Waals surface area contributed by atoms with Gasteiger partial charge in [-0.25, -0.2) is 0 Å². The van der Waals surface area contributed by atoms with Crippen LogP contribution < -0.4 is 11.5 Å². The van der Waals surface area contributed by atoms with Gasteiger partial charge in [-0.05, 0) is 89.9 Å². The Morgan fingerprint density at radius 1 is 0.364 bits per heavy atom. The second-order valence-electron chi connectivity index (χ2n) is 18.0. The lowest BCUT2D eigenvalue weighted by atomic mass is 10.0. The number of ketones is 2. The van der Waals surface area contributed by atoms with E-state index in [1.54, 1.807) is 0 Å². The third-order valence-electron chi connectivity index (χ3n) is 11.8. The van der Waals surface area contributed by atoms with E-state index in [-0.39, 0.29) is 63.3 Å². The highest BCUT2D eigenvalue weighted by atomic mass is 16.6. The monoisotopic (exact) mass is 933 g/mol. The summed E-state index contributed by atoms with van der Waals surface area (Å²) in [5, 5.41) is 0. The van der Waals surface area contributed by atoms with Crippen LogP contribution in [-0.2, 0) is 47.7 Å². The zero-order valence-electron chi connectivity index (χ0n) is 42.0. The zero-order valence-corrected chi connectivity index (χ0v) is 42.0. The normalized spacial score (nSPS) is 12.4. The van der Waals surface area contributed by atoms with Gasteiger partial charge in [-0.15, -0.1) is 0 Å². The molecule has 12 heteroatoms. The lowest BCUT2D eigenvalue weighted by Crippen LogP contribution is -2.18. The van der Waals surface area contributed by atoms with Gasteiger partial charge in [0, 0.05) is 64.2 Å². The molecule has 0 amide bonds. The molecule has 0 bridgehead atoms. The Hall–Kier alpha value is -3.38. The molecule has 0 fully saturated rings. The minimum atomic E-state index is -0.394. The van der Waals surface area contributed by atoms with Crippen LogP contribution in [-0.4, -0.2) is 61.1 Å². The van der Waals surface area contributed by atoms with E-state index in [0.29, 0.717) is 62.9 Å². The van der Waals surface area contributed by atoms with Gasteiger partial charge in [-0.2, -0.15) is 0 Å². The van der Waals surface area contributed by atoms with Crippen LogP contribution in [0.5, 0.6) is 0 Å². The molecule has 0 saturated heterocycles. The first-order valence-electron chi connectivity index (χ1n) is 26.6. The Morgan fingerprint density at radius 3 is 1.03 bits per heavy atom. The van der Waals surface area contributed by atoms with Crippen LogP contribution in [0, 0.1) is 0 Å². The molecule has 2 unspecified atom stereocenters. The number of allylic oxidation sites excluding steroid dienone is 2. The SMILES string of the molecule is CCCCCCC(C/C=C\CCCCCCCC(=O)CCCCCCC(=O)CCCCCCC/C=C\CC(CCCCCC)OC(=O)CCCC(=O)OCN)OC(=O)CCCC(=O)OCN. The molecule has 0 aromatic rings. The summed E-state index contributed by atoms with van der Waals surface area (Å²) >= 11 is 0. The average molecular weight is 933 g/mol. The van der Waals surface area contributed by atoms with Gasteiger partial charge in [0.25, 0.3) is 0 Å². The van der Waals surface area contributed by atoms with E-state index in [1.165, 1.54) is 12.8 Å². The second kappa shape index (κ2) is 48.1. The van der Waals surface area contributed by atoms with Crippen molar-refractivity contribution in [3.8, 4) is 0 Å². The van der Waals surface area contributed by atoms with Crippen LogP contribution >= 0.6 is 0 Å². The molecule has 4 N–H and O–H groups in total. The van der Waals surface area contributed by atoms with Crippen LogP contribution in [0.25, 0.3) is 0 Å². The summed E-state index contributed by atoms with van der Waals surface area (Å²) < 4.78 is 20.9. The fourth-order valence-corrected chi connectivity index (χ4v) is 7.83. The van der Waals surface area contributed by atoms with E-state index < -0.39 is 11.9 Å². The Kier molecular flexibility index (Phi) is 45.6. The number of nitrogens with two attached hydrogens (primary N) is 2. The van der Waals surface area contributed by atoms with Crippen LogP contribution in [0.4, 0.5) is 0 Å². The van der Waals surface area contributed by atoms with Crippen molar-refractivity contribution < 1.29 is 47.7 Å². The van der Waals surface area contributed by atoms with Crippen molar-refractivity contribution in [1.82, 2.24) is 0 Å². The first kappa shape index (κ1) is 62.6. The number of carbonyl (C=O) groups is 6. The van der Waals surface area contributed by atoms with Crippen molar-refractivity contribution in [1.29, 1.82) is 0 Å². The van der Waals surface area contributed by atoms with Gasteiger partial charge in [0.2, 0.25) is 0 Å². The number of carbonyl (C=O) groups excluding carboxylic acids is 6. The smallest absolute Gasteiger partial charge is 0.307 e. The number of hydrogen-bond acceptors (Lipinski definition) is 12. The quantitative estimate of drug-likeness (QED) is 0.0193. The fourth-order valence-electron chi connectivity index (χ4n) is 7.83. The minimum absolute atomic E-state index is 0.131. The maximum atomic E-state index is 12.4. The highest BCUT2D eigenvalue weighted by Gasteiger charge is 2.16. The molecule has 0 rings (SSSR count). The molecular weight excluding hydrogens is 837 g/mol. The van der Waals surface area contributed by atoms with Crippen LogP contribution in [0.3, 0.4) is 0 Å². The van der Waals surface area contributed by atoms with Gasteiger partial charge < -0.3 is 18.9 Å². The van der Waals surface area contributed by atoms with Crippen molar-refractivity contribution in [3.05, 3.63) is 24.3 Å². The molecule has 66 heavy (non-hydrogen) atoms. The molecule has 2 atom stereocenters. The summed E-state index contributed by atoms with van der Waals surface area (Å²) in [5.41, 5.74) is 10.4. The minimum Gasteiger partial charge on any atom is -0.462 e. The number of ether oxygens (including phenoxy) is 4. The Bertz CT molecular complexity index is 1190. The molecule has 382 valence electrons. The topological polar surface area (TPSA) is 191 Å². The summed E-state index contributed by atoms with van der Waals surface area (Å²) in [7, 11) is 0. The summed E-state index contributed by atoms with van der Waals surface area (Å²) in [4.78, 5) is 72.4. The standard InChI is InChI=1S/C54H96N2O10/c1-3-5-7-27-37-49(65-53(61)43-31-41-51(59)63-45-55)39-29-19-15-11-9-13-17-23-33-47(57)35-25-21-22-26-36-48(58)34-24-18-14-10-12-16-20-30-40-50(38-28-8-6-4-2)66-54(62)44-32-42-52(60)64-46-56/h19-20,29-30,49-50H,3-18,21-28,31-46,55-56H2,1-2H3/b29-19-,30-20-. The highest BCUT2D eigenvalue weighted by Crippen LogP contribution is 2.18. The lowest BCUT2D eigenvalue weighted by molar-refractivity contribution is -0.151. The van der Waals surface area contributed by atoms with Gasteiger partial charge in [0.15, 0.2) is 0 Å². The van der Waals surface area contributed by atoms with Crippen LogP contribution in [0.1, 0.15) is 258 Å². The molecular formula is C54H96N2O10. The summed E-state index contributed by atoms with van der Waals surface area (Å²) in [6.07, 6.45) is 41.4. The van der Waals surface area contributed by atoms with Gasteiger partial charge in [0.05, 0.1) is 0 Å². The molecule has 0 heterocycles. The first-order chi connectivity index (χ1) is 32.1. The molecule has 0 aliphatic heterocycles. The van der Waals surface area contributed by atoms with E-state index in [4.69, 9.17) is 30.4 Å². The third-order valence-corrected chi connectivity index (χ3v) is 11.8. The number of rotatable bonds is 49. The molecule has 0 spiro atoms. The number of Topliss-reactive ketones (excluding diaryl/α,β-unsaturated/α-hetero) is 2. The molecule has 0 saturated carbocycles. The Morgan fingerprint density at radius 2 is 0.682 bits per heavy atom. The molecule has 0 aliphatic carbocycles. The lowest BCUT2D eigenvalue weighted by Gasteiger charge is -2.16. The van der Waals surface area contributed by atoms with Gasteiger partial charge in [-0.1, -0.05) is 128 Å². The third kappa shape index (κ3) is 44.5. The molecule has 0 aliphatic rings. The predicted octanol–water partition coefficient (Wildman–Crippen LogP) is 12.8. The summed E-state index contributed by atoms with van der Waals surface area (Å²) in [5.74, 6) is -0.593. The molecule has 0 radical (unpaired) electrons.